The molecule has 1 fully saturated rings. The minimum atomic E-state index is -2.33. The van der Waals surface area contributed by atoms with E-state index >= 15 is 0 Å². The Balaban J connectivity index is 2.44. The van der Waals surface area contributed by atoms with Crippen LogP contribution >= 0.6 is 0 Å². The number of esters is 1. The maximum absolute atomic E-state index is 12.6. The van der Waals surface area contributed by atoms with Crippen molar-refractivity contribution in [2.45, 2.75) is 49.6 Å². The molecule has 13 heteroatoms. The van der Waals surface area contributed by atoms with E-state index in [1.165, 1.54) is 12.1 Å². The zero-order chi connectivity index (χ0) is 23.3. The van der Waals surface area contributed by atoms with Crippen molar-refractivity contribution in [1.29, 1.82) is 0 Å². The summed E-state index contributed by atoms with van der Waals surface area (Å²) in [6, 6.07) is 3.33. The quantitative estimate of drug-likeness (QED) is 0.172. The Labute approximate surface area is 176 Å². The molecule has 1 saturated heterocycles. The molecule has 2 rings (SSSR count). The number of aliphatic hydroxyl groups is 4. The summed E-state index contributed by atoms with van der Waals surface area (Å²) < 4.78 is 16.0. The summed E-state index contributed by atoms with van der Waals surface area (Å²) in [6.45, 7) is 0.270. The van der Waals surface area contributed by atoms with E-state index in [1.807, 2.05) is 0 Å². The number of rotatable bonds is 8. The summed E-state index contributed by atoms with van der Waals surface area (Å²) in [4.78, 5) is 34.3. The van der Waals surface area contributed by atoms with Gasteiger partial charge in [-0.2, -0.15) is 0 Å². The summed E-state index contributed by atoms with van der Waals surface area (Å²) in [5.41, 5.74) is -0.242. The molecule has 13 nitrogen and oxygen atoms in total. The molecule has 4 unspecified atom stereocenters. The van der Waals surface area contributed by atoms with Crippen LogP contribution in [0, 0.1) is 10.1 Å². The molecule has 1 aliphatic heterocycles. The van der Waals surface area contributed by atoms with Gasteiger partial charge >= 0.3 is 11.8 Å². The topological polar surface area (TPSA) is 198 Å². The average Bonchev–Trinajstić information content (AvgIpc) is 2.73. The lowest BCUT2D eigenvalue weighted by molar-refractivity contribution is -0.384. The Morgan fingerprint density at radius 2 is 1.97 bits per heavy atom. The van der Waals surface area contributed by atoms with E-state index in [2.05, 4.69) is 5.32 Å². The molecule has 0 aromatic heterocycles. The number of hydrogen-bond donors (Lipinski definition) is 5. The number of nitrogens with zero attached hydrogens (tertiary/aromatic N) is 1. The lowest BCUT2D eigenvalue weighted by atomic mass is 9.88. The first-order valence-corrected chi connectivity index (χ1v) is 9.16. The molecule has 1 aromatic carbocycles. The minimum absolute atomic E-state index is 0.0582. The van der Waals surface area contributed by atoms with Crippen molar-refractivity contribution in [3.8, 4) is 5.75 Å². The summed E-state index contributed by atoms with van der Waals surface area (Å²) in [5.74, 6) is -4.09. The number of amides is 1. The molecular formula is C18H24N2O11. The molecule has 1 aromatic rings. The average molecular weight is 444 g/mol. The van der Waals surface area contributed by atoms with Crippen molar-refractivity contribution in [2.24, 2.45) is 0 Å². The zero-order valence-electron chi connectivity index (χ0n) is 16.7. The number of carbonyl (C=O) groups excluding carboxylic acids is 2. The minimum Gasteiger partial charge on any atom is -0.464 e. The Kier molecular flexibility index (Phi) is 7.86. The second-order valence-electron chi connectivity index (χ2n) is 6.92. The molecule has 0 aliphatic carbocycles. The molecule has 6 atom stereocenters. The summed E-state index contributed by atoms with van der Waals surface area (Å²) >= 11 is 0. The maximum Gasteiger partial charge on any atom is 0.379 e. The summed E-state index contributed by atoms with van der Waals surface area (Å²) in [6.07, 6.45) is -7.25. The van der Waals surface area contributed by atoms with Gasteiger partial charge in [-0.15, -0.1) is 0 Å². The van der Waals surface area contributed by atoms with Crippen LogP contribution in [0.2, 0.25) is 0 Å². The second kappa shape index (κ2) is 9.98. The zero-order valence-corrected chi connectivity index (χ0v) is 16.7. The van der Waals surface area contributed by atoms with Crippen LogP contribution in [-0.2, 0) is 19.1 Å². The predicted octanol–water partition coefficient (Wildman–Crippen LogP) is -1.79. The number of ether oxygens (including phenoxy) is 3. The number of nitrogens with one attached hydrogen (secondary N) is 1. The summed E-state index contributed by atoms with van der Waals surface area (Å²) in [5, 5.41) is 53.3. The number of carbonyl (C=O) groups is 2. The number of benzene rings is 1. The molecule has 0 spiro atoms. The number of nitro benzene ring substituents is 1. The standard InChI is InChI=1S/C18H24N2O11/c1-9(22)19-14-12(23)7-18(17(26)29-2,31-16(14)15(25)13(24)8-21)30-11-5-3-10(4-6-11)20(27)28/h3-6,12-16,21,23-25H,7-8H2,1-2H3,(H,19,22)/t12?,13-,14?,15-,16?,18?/m0/s1. The van der Waals surface area contributed by atoms with E-state index in [0.717, 1.165) is 26.2 Å². The number of aliphatic hydroxyl groups excluding tert-OH is 4. The van der Waals surface area contributed by atoms with E-state index in [9.17, 15) is 35.0 Å². The van der Waals surface area contributed by atoms with Crippen LogP contribution in [0.4, 0.5) is 5.69 Å². The smallest absolute Gasteiger partial charge is 0.379 e. The molecule has 1 aliphatic rings. The largest absolute Gasteiger partial charge is 0.464 e. The van der Waals surface area contributed by atoms with Gasteiger partial charge < -0.3 is 40.0 Å². The highest BCUT2D eigenvalue weighted by Crippen LogP contribution is 2.35. The third-order valence-corrected chi connectivity index (χ3v) is 4.69. The SMILES string of the molecule is COC(=O)C1(Oc2ccc([N+](=O)[O-])cc2)CC(O)C(NC(C)=O)C([C@@H](O)[C@@H](O)CO)O1. The van der Waals surface area contributed by atoms with Gasteiger partial charge in [-0.25, -0.2) is 4.79 Å². The van der Waals surface area contributed by atoms with E-state index in [1.54, 1.807) is 0 Å². The van der Waals surface area contributed by atoms with Crippen molar-refractivity contribution < 1.29 is 49.1 Å². The van der Waals surface area contributed by atoms with Crippen molar-refractivity contribution in [1.82, 2.24) is 5.32 Å². The van der Waals surface area contributed by atoms with Crippen LogP contribution in [0.15, 0.2) is 24.3 Å². The Bertz CT molecular complexity index is 802. The molecule has 0 radical (unpaired) electrons. The van der Waals surface area contributed by atoms with Crippen LogP contribution in [0.5, 0.6) is 5.75 Å². The Hall–Kier alpha value is -2.84. The molecule has 31 heavy (non-hydrogen) atoms. The van der Waals surface area contributed by atoms with E-state index in [-0.39, 0.29) is 11.4 Å². The monoisotopic (exact) mass is 444 g/mol. The Morgan fingerprint density at radius 1 is 1.35 bits per heavy atom. The highest BCUT2D eigenvalue weighted by molar-refractivity contribution is 5.79. The van der Waals surface area contributed by atoms with Crippen LogP contribution < -0.4 is 10.1 Å². The van der Waals surface area contributed by atoms with E-state index in [4.69, 9.17) is 19.3 Å². The summed E-state index contributed by atoms with van der Waals surface area (Å²) in [7, 11) is 1.02. The van der Waals surface area contributed by atoms with Crippen molar-refractivity contribution in [3.05, 3.63) is 34.4 Å². The lowest BCUT2D eigenvalue weighted by Gasteiger charge is -2.46. The normalized spacial score (nSPS) is 27.6. The number of methoxy groups -OCH3 is 1. The van der Waals surface area contributed by atoms with Gasteiger partial charge in [0.1, 0.15) is 24.1 Å². The first-order valence-electron chi connectivity index (χ1n) is 9.16. The van der Waals surface area contributed by atoms with Gasteiger partial charge in [0.2, 0.25) is 5.91 Å². The molecule has 1 heterocycles. The Morgan fingerprint density at radius 3 is 2.45 bits per heavy atom. The van der Waals surface area contributed by atoms with Gasteiger partial charge in [0.15, 0.2) is 0 Å². The third-order valence-electron chi connectivity index (χ3n) is 4.69. The highest BCUT2D eigenvalue weighted by Gasteiger charge is 2.57. The predicted molar refractivity (Wildman–Crippen MR) is 101 cm³/mol. The number of hydrogen-bond acceptors (Lipinski definition) is 11. The first-order chi connectivity index (χ1) is 14.5. The lowest BCUT2D eigenvalue weighted by Crippen LogP contribution is -2.68. The van der Waals surface area contributed by atoms with Crippen molar-refractivity contribution in [2.75, 3.05) is 13.7 Å². The fourth-order valence-electron chi connectivity index (χ4n) is 3.21. The second-order valence-corrected chi connectivity index (χ2v) is 6.92. The van der Waals surface area contributed by atoms with Gasteiger partial charge in [0.05, 0.1) is 37.2 Å². The van der Waals surface area contributed by atoms with Gasteiger partial charge in [0, 0.05) is 19.1 Å². The molecular weight excluding hydrogens is 420 g/mol. The van der Waals surface area contributed by atoms with Crippen molar-refractivity contribution in [3.63, 3.8) is 0 Å². The van der Waals surface area contributed by atoms with Crippen LogP contribution in [-0.4, -0.2) is 87.2 Å². The van der Waals surface area contributed by atoms with Gasteiger partial charge in [-0.1, -0.05) is 0 Å². The van der Waals surface area contributed by atoms with Crippen LogP contribution in [0.1, 0.15) is 13.3 Å². The molecule has 0 saturated carbocycles. The molecule has 1 amide bonds. The molecule has 0 bridgehead atoms. The van der Waals surface area contributed by atoms with Gasteiger partial charge in [0.25, 0.3) is 5.69 Å². The maximum atomic E-state index is 12.6. The van der Waals surface area contributed by atoms with Crippen molar-refractivity contribution >= 4 is 17.6 Å². The molecule has 172 valence electrons. The fraction of sp³-hybridized carbons (Fsp3) is 0.556. The number of nitro groups is 1. The fourth-order valence-corrected chi connectivity index (χ4v) is 3.21. The van der Waals surface area contributed by atoms with Gasteiger partial charge in [-0.3, -0.25) is 14.9 Å². The van der Waals surface area contributed by atoms with E-state index in [0.29, 0.717) is 0 Å². The van der Waals surface area contributed by atoms with Crippen LogP contribution in [0.3, 0.4) is 0 Å². The van der Waals surface area contributed by atoms with Crippen LogP contribution in [0.25, 0.3) is 0 Å². The first kappa shape index (κ1) is 24.4. The van der Waals surface area contributed by atoms with E-state index < -0.39 is 66.1 Å². The third kappa shape index (κ3) is 5.45. The highest BCUT2D eigenvalue weighted by atomic mass is 16.7. The number of non-ortho nitro benzene ring substituents is 1. The van der Waals surface area contributed by atoms with Gasteiger partial charge in [-0.05, 0) is 12.1 Å². The molecule has 5 N–H and O–H groups in total.